The van der Waals surface area contributed by atoms with Gasteiger partial charge in [0.2, 0.25) is 5.91 Å². The molecule has 37 heavy (non-hydrogen) atoms. The van der Waals surface area contributed by atoms with E-state index in [0.29, 0.717) is 18.7 Å². The molecule has 0 spiro atoms. The Bertz CT molecular complexity index is 1110. The zero-order valence-corrected chi connectivity index (χ0v) is 19.4. The van der Waals surface area contributed by atoms with Crippen molar-refractivity contribution in [3.63, 3.8) is 0 Å². The van der Waals surface area contributed by atoms with Crippen LogP contribution in [0.3, 0.4) is 0 Å². The summed E-state index contributed by atoms with van der Waals surface area (Å²) < 4.78 is 78.9. The van der Waals surface area contributed by atoms with Crippen molar-refractivity contribution in [1.82, 2.24) is 20.0 Å². The van der Waals surface area contributed by atoms with Gasteiger partial charge in [-0.3, -0.25) is 9.69 Å². The molecule has 3 amide bonds. The number of aliphatic hydroxyl groups excluding tert-OH is 1. The lowest BCUT2D eigenvalue weighted by atomic mass is 10.0. The van der Waals surface area contributed by atoms with Gasteiger partial charge in [0.15, 0.2) is 0 Å². The highest BCUT2D eigenvalue weighted by atomic mass is 19.4. The maximum absolute atomic E-state index is 13.1. The predicted molar refractivity (Wildman–Crippen MR) is 118 cm³/mol. The second-order valence-corrected chi connectivity index (χ2v) is 8.94. The molecule has 200 valence electrons. The Balaban J connectivity index is 1.49. The van der Waals surface area contributed by atoms with Gasteiger partial charge in [-0.15, -0.1) is 0 Å². The zero-order valence-electron chi connectivity index (χ0n) is 19.4. The number of carbonyl (C=O) groups is 2. The Hall–Kier alpha value is -3.32. The molecular weight excluding hydrogens is 506 g/mol. The van der Waals surface area contributed by atoms with Crippen molar-refractivity contribution in [3.05, 3.63) is 70.8 Å². The molecule has 2 aliphatic rings. The van der Waals surface area contributed by atoms with Gasteiger partial charge in [0.1, 0.15) is 12.4 Å². The minimum Gasteiger partial charge on any atom is -0.376 e. The largest absolute Gasteiger partial charge is 0.416 e. The van der Waals surface area contributed by atoms with E-state index in [1.54, 1.807) is 4.90 Å². The van der Waals surface area contributed by atoms with Crippen LogP contribution in [0.5, 0.6) is 0 Å². The SMILES string of the molecule is O=C1CCN(C(=O)NCc2cc(C(F)(F)F)cc(C(F)(F)F)c2)[C@H]2CN(Cc3ccccc3)C(O)CN12. The first-order valence-electron chi connectivity index (χ1n) is 11.4. The molecule has 0 aliphatic carbocycles. The summed E-state index contributed by atoms with van der Waals surface area (Å²) in [6, 6.07) is 9.61. The lowest BCUT2D eigenvalue weighted by molar-refractivity contribution is -0.163. The van der Waals surface area contributed by atoms with Crippen LogP contribution in [-0.4, -0.2) is 63.8 Å². The Morgan fingerprint density at radius 2 is 1.57 bits per heavy atom. The summed E-state index contributed by atoms with van der Waals surface area (Å²) in [6.45, 7) is -0.170. The van der Waals surface area contributed by atoms with Gasteiger partial charge in [-0.2, -0.15) is 26.3 Å². The van der Waals surface area contributed by atoms with Crippen molar-refractivity contribution in [1.29, 1.82) is 0 Å². The molecular formula is C24H24F6N4O3. The van der Waals surface area contributed by atoms with Crippen LogP contribution >= 0.6 is 0 Å². The fourth-order valence-corrected chi connectivity index (χ4v) is 4.51. The van der Waals surface area contributed by atoms with E-state index in [-0.39, 0.29) is 43.6 Å². The van der Waals surface area contributed by atoms with Gasteiger partial charge in [-0.1, -0.05) is 30.3 Å². The maximum Gasteiger partial charge on any atom is 0.416 e. The van der Waals surface area contributed by atoms with Crippen molar-refractivity contribution >= 4 is 11.9 Å². The molecule has 0 bridgehead atoms. The van der Waals surface area contributed by atoms with Crippen LogP contribution < -0.4 is 5.32 Å². The molecule has 0 radical (unpaired) electrons. The molecule has 7 nitrogen and oxygen atoms in total. The van der Waals surface area contributed by atoms with E-state index in [2.05, 4.69) is 5.32 Å². The number of piperazine rings is 1. The number of hydrogen-bond acceptors (Lipinski definition) is 4. The van der Waals surface area contributed by atoms with Gasteiger partial charge in [0, 0.05) is 32.6 Å². The minimum atomic E-state index is -5.00. The number of aliphatic hydroxyl groups is 1. The molecule has 2 aromatic rings. The summed E-state index contributed by atoms with van der Waals surface area (Å²) in [7, 11) is 0. The van der Waals surface area contributed by atoms with E-state index in [1.165, 1.54) is 9.80 Å². The summed E-state index contributed by atoms with van der Waals surface area (Å²) in [5.74, 6) is -0.264. The highest BCUT2D eigenvalue weighted by molar-refractivity contribution is 5.82. The van der Waals surface area contributed by atoms with Crippen LogP contribution in [-0.2, 0) is 30.2 Å². The first-order valence-corrected chi connectivity index (χ1v) is 11.4. The second-order valence-electron chi connectivity index (χ2n) is 8.94. The smallest absolute Gasteiger partial charge is 0.376 e. The normalized spacial score (nSPS) is 21.1. The van der Waals surface area contributed by atoms with E-state index in [9.17, 15) is 41.0 Å². The fourth-order valence-electron chi connectivity index (χ4n) is 4.51. The van der Waals surface area contributed by atoms with Crippen LogP contribution in [0.15, 0.2) is 48.5 Å². The molecule has 2 aromatic carbocycles. The maximum atomic E-state index is 13.1. The van der Waals surface area contributed by atoms with E-state index in [1.807, 2.05) is 30.3 Å². The quantitative estimate of drug-likeness (QED) is 0.593. The summed E-state index contributed by atoms with van der Waals surface area (Å²) in [6.07, 6.45) is -11.8. The van der Waals surface area contributed by atoms with Gasteiger partial charge in [0.25, 0.3) is 0 Å². The summed E-state index contributed by atoms with van der Waals surface area (Å²) in [5.41, 5.74) is -2.42. The lowest BCUT2D eigenvalue weighted by Crippen LogP contribution is -2.69. The van der Waals surface area contributed by atoms with Crippen molar-refractivity contribution < 1.29 is 41.0 Å². The molecule has 4 rings (SSSR count). The van der Waals surface area contributed by atoms with Crippen molar-refractivity contribution in [2.45, 2.75) is 44.3 Å². The molecule has 2 fully saturated rings. The summed E-state index contributed by atoms with van der Waals surface area (Å²) in [4.78, 5) is 29.8. The number of nitrogens with one attached hydrogen (secondary N) is 1. The third kappa shape index (κ3) is 6.16. The molecule has 2 aliphatic heterocycles. The van der Waals surface area contributed by atoms with E-state index >= 15 is 0 Å². The monoisotopic (exact) mass is 530 g/mol. The Morgan fingerprint density at radius 1 is 0.946 bits per heavy atom. The molecule has 13 heteroatoms. The molecule has 0 saturated carbocycles. The number of halogens is 6. The van der Waals surface area contributed by atoms with Gasteiger partial charge in [-0.05, 0) is 29.3 Å². The number of rotatable bonds is 4. The lowest BCUT2D eigenvalue weighted by Gasteiger charge is -2.50. The number of carbonyl (C=O) groups excluding carboxylic acids is 2. The standard InChI is InChI=1S/C24H24F6N4O3/c25-23(26,27)17-8-16(9-18(10-17)24(28,29)30)11-31-22(37)33-7-6-20(35)34-14-21(36)32(13-19(33)34)12-15-4-2-1-3-5-15/h1-5,8-10,19,21,36H,6-7,11-14H2,(H,31,37)/t19-,21?/m1/s1. The van der Waals surface area contributed by atoms with Gasteiger partial charge in [-0.25, -0.2) is 4.79 Å². The molecule has 2 saturated heterocycles. The zero-order chi connectivity index (χ0) is 27.0. The van der Waals surface area contributed by atoms with Crippen LogP contribution in [0.2, 0.25) is 0 Å². The number of hydrogen-bond donors (Lipinski definition) is 2. The highest BCUT2D eigenvalue weighted by Gasteiger charge is 2.43. The minimum absolute atomic E-state index is 0.0114. The van der Waals surface area contributed by atoms with Gasteiger partial charge in [0.05, 0.1) is 17.7 Å². The molecule has 2 heterocycles. The number of nitrogens with zero attached hydrogens (tertiary/aromatic N) is 3. The first kappa shape index (κ1) is 26.7. The van der Waals surface area contributed by atoms with E-state index in [0.717, 1.165) is 5.56 Å². The number of alkyl halides is 6. The Kier molecular flexibility index (Phi) is 7.38. The predicted octanol–water partition coefficient (Wildman–Crippen LogP) is 3.63. The van der Waals surface area contributed by atoms with Crippen LogP contribution in [0.25, 0.3) is 0 Å². The fraction of sp³-hybridized carbons (Fsp3) is 0.417. The van der Waals surface area contributed by atoms with Gasteiger partial charge >= 0.3 is 18.4 Å². The first-order chi connectivity index (χ1) is 17.3. The van der Waals surface area contributed by atoms with Gasteiger partial charge < -0.3 is 20.2 Å². The Labute approximate surface area is 208 Å². The van der Waals surface area contributed by atoms with Crippen molar-refractivity contribution in [2.75, 3.05) is 19.6 Å². The molecule has 0 aromatic heterocycles. The summed E-state index contributed by atoms with van der Waals surface area (Å²) in [5, 5.41) is 13.0. The number of fused-ring (bicyclic) bond motifs is 1. The van der Waals surface area contributed by atoms with Crippen LogP contribution in [0, 0.1) is 0 Å². The van der Waals surface area contributed by atoms with E-state index < -0.39 is 48.4 Å². The third-order valence-corrected chi connectivity index (χ3v) is 6.37. The Morgan fingerprint density at radius 3 is 2.16 bits per heavy atom. The average molecular weight is 530 g/mol. The van der Waals surface area contributed by atoms with E-state index in [4.69, 9.17) is 0 Å². The van der Waals surface area contributed by atoms with Crippen molar-refractivity contribution in [2.24, 2.45) is 0 Å². The van der Waals surface area contributed by atoms with Crippen LogP contribution in [0.1, 0.15) is 28.7 Å². The average Bonchev–Trinajstić information content (AvgIpc) is 2.83. The summed E-state index contributed by atoms with van der Waals surface area (Å²) >= 11 is 0. The molecule has 1 unspecified atom stereocenters. The second kappa shape index (κ2) is 10.2. The third-order valence-electron chi connectivity index (χ3n) is 6.37. The highest BCUT2D eigenvalue weighted by Crippen LogP contribution is 2.36. The molecule has 2 N–H and O–H groups in total. The molecule has 2 atom stereocenters. The number of benzene rings is 2. The van der Waals surface area contributed by atoms with Crippen molar-refractivity contribution in [3.8, 4) is 0 Å². The number of urea groups is 1. The van der Waals surface area contributed by atoms with Crippen LogP contribution in [0.4, 0.5) is 31.1 Å². The topological polar surface area (TPSA) is 76.1 Å². The number of amides is 3.